The number of amides is 1. The maximum absolute atomic E-state index is 12.4. The fraction of sp³-hybridized carbons (Fsp3) is 0.897. The summed E-state index contributed by atoms with van der Waals surface area (Å²) in [6.07, 6.45) is 64.6. The smallest absolute Gasteiger partial charge is 0.305 e. The summed E-state index contributed by atoms with van der Waals surface area (Å²) in [6, 6.07) is -0.542. The van der Waals surface area contributed by atoms with E-state index in [1.165, 1.54) is 231 Å². The van der Waals surface area contributed by atoms with Gasteiger partial charge < -0.3 is 20.3 Å². The minimum Gasteiger partial charge on any atom is -0.466 e. The molecule has 0 aliphatic carbocycles. The molecule has 0 spiro atoms. The van der Waals surface area contributed by atoms with Crippen LogP contribution in [0.4, 0.5) is 0 Å². The Kier molecular flexibility index (Phi) is 52.6. The lowest BCUT2D eigenvalue weighted by Gasteiger charge is -2.22. The zero-order valence-corrected chi connectivity index (χ0v) is 43.0. The van der Waals surface area contributed by atoms with Gasteiger partial charge in [-0.25, -0.2) is 0 Å². The molecule has 0 bridgehead atoms. The van der Waals surface area contributed by atoms with Crippen LogP contribution in [0.25, 0.3) is 0 Å². The molecule has 3 N–H and O–H groups in total. The summed E-state index contributed by atoms with van der Waals surface area (Å²) >= 11 is 0. The largest absolute Gasteiger partial charge is 0.466 e. The molecule has 0 rings (SSSR count). The van der Waals surface area contributed by atoms with Crippen molar-refractivity contribution in [1.29, 1.82) is 0 Å². The van der Waals surface area contributed by atoms with Crippen LogP contribution in [0.3, 0.4) is 0 Å². The first-order chi connectivity index (χ1) is 31.5. The lowest BCUT2D eigenvalue weighted by Crippen LogP contribution is -2.45. The van der Waals surface area contributed by atoms with Crippen molar-refractivity contribution in [1.82, 2.24) is 5.32 Å². The minimum atomic E-state index is -0.664. The molecule has 378 valence electrons. The summed E-state index contributed by atoms with van der Waals surface area (Å²) in [6.45, 7) is 4.91. The highest BCUT2D eigenvalue weighted by atomic mass is 16.5. The number of rotatable bonds is 53. The number of aliphatic hydroxyl groups is 2. The maximum atomic E-state index is 12.4. The van der Waals surface area contributed by atoms with Gasteiger partial charge in [0.1, 0.15) is 0 Å². The van der Waals surface area contributed by atoms with Crippen LogP contribution >= 0.6 is 0 Å². The van der Waals surface area contributed by atoms with Gasteiger partial charge in [0.2, 0.25) is 5.91 Å². The van der Waals surface area contributed by atoms with E-state index in [1.807, 2.05) is 0 Å². The molecule has 0 saturated heterocycles. The highest BCUT2D eigenvalue weighted by molar-refractivity contribution is 5.76. The Balaban J connectivity index is 3.38. The molecule has 2 atom stereocenters. The summed E-state index contributed by atoms with van der Waals surface area (Å²) in [7, 11) is 0. The average Bonchev–Trinajstić information content (AvgIpc) is 3.29. The van der Waals surface area contributed by atoms with Gasteiger partial charge in [-0.1, -0.05) is 250 Å². The van der Waals surface area contributed by atoms with E-state index >= 15 is 0 Å². The van der Waals surface area contributed by atoms with Gasteiger partial charge in [0.15, 0.2) is 0 Å². The van der Waals surface area contributed by atoms with Crippen LogP contribution in [0.2, 0.25) is 0 Å². The third-order valence-corrected chi connectivity index (χ3v) is 13.2. The van der Waals surface area contributed by atoms with Crippen molar-refractivity contribution < 1.29 is 24.5 Å². The van der Waals surface area contributed by atoms with Crippen LogP contribution in [0.5, 0.6) is 0 Å². The fourth-order valence-electron chi connectivity index (χ4n) is 8.79. The first-order valence-electron chi connectivity index (χ1n) is 28.6. The Hall–Kier alpha value is -1.66. The van der Waals surface area contributed by atoms with Gasteiger partial charge in [-0.3, -0.25) is 9.59 Å². The van der Waals surface area contributed by atoms with Crippen molar-refractivity contribution in [3.8, 4) is 0 Å². The molecule has 0 aliphatic heterocycles. The van der Waals surface area contributed by atoms with Crippen molar-refractivity contribution in [3.63, 3.8) is 0 Å². The number of nitrogens with one attached hydrogen (secondary N) is 1. The van der Waals surface area contributed by atoms with E-state index in [0.717, 1.165) is 44.9 Å². The molecule has 0 aromatic rings. The highest BCUT2D eigenvalue weighted by Crippen LogP contribution is 2.17. The van der Waals surface area contributed by atoms with Gasteiger partial charge in [-0.2, -0.15) is 0 Å². The molecule has 0 aromatic carbocycles. The molecule has 0 aliphatic rings. The lowest BCUT2D eigenvalue weighted by atomic mass is 10.0. The summed E-state index contributed by atoms with van der Waals surface area (Å²) in [5.41, 5.74) is 0. The van der Waals surface area contributed by atoms with Crippen molar-refractivity contribution in [2.45, 2.75) is 321 Å². The normalized spacial score (nSPS) is 12.8. The van der Waals surface area contributed by atoms with Crippen LogP contribution in [0.15, 0.2) is 24.3 Å². The SMILES string of the molecule is CCCC/C=C\CCCCCCCC(=O)OCCCCCCCCCCCCCC/C=C\CCCCCCCCCCCC(=O)NC(CO)C(O)CCCCCCCCCCCCC. The van der Waals surface area contributed by atoms with E-state index in [-0.39, 0.29) is 18.5 Å². The number of carbonyl (C=O) groups is 2. The van der Waals surface area contributed by atoms with Gasteiger partial charge in [-0.15, -0.1) is 0 Å². The molecule has 6 heteroatoms. The van der Waals surface area contributed by atoms with E-state index in [9.17, 15) is 19.8 Å². The van der Waals surface area contributed by atoms with E-state index in [2.05, 4.69) is 43.5 Å². The number of esters is 1. The molecule has 6 nitrogen and oxygen atoms in total. The van der Waals surface area contributed by atoms with Crippen LogP contribution < -0.4 is 5.32 Å². The van der Waals surface area contributed by atoms with Gasteiger partial charge >= 0.3 is 5.97 Å². The van der Waals surface area contributed by atoms with Crippen molar-refractivity contribution in [2.24, 2.45) is 0 Å². The summed E-state index contributed by atoms with van der Waals surface area (Å²) in [4.78, 5) is 24.4. The molecule has 0 aromatic heterocycles. The quantitative estimate of drug-likeness (QED) is 0.0321. The molecular formula is C58H111NO5. The number of hydrogen-bond acceptors (Lipinski definition) is 5. The Morgan fingerprint density at radius 2 is 0.750 bits per heavy atom. The standard InChI is InChI=1S/C58H111NO5/c1-3-5-7-9-11-13-30-34-38-42-46-50-56(61)55(54-60)59-57(62)51-47-43-39-35-32-28-26-24-22-20-18-16-15-17-19-21-23-25-27-29-33-37-41-45-49-53-64-58(63)52-48-44-40-36-31-14-12-10-8-6-4-2/h10,12,16,18,55-56,60-61H,3-9,11,13-15,17,19-54H2,1-2H3,(H,59,62)/b12-10-,18-16-. The second-order valence-electron chi connectivity index (χ2n) is 19.6. The van der Waals surface area contributed by atoms with E-state index < -0.39 is 12.1 Å². The third-order valence-electron chi connectivity index (χ3n) is 13.2. The Bertz CT molecular complexity index is 997. The molecule has 0 fully saturated rings. The number of aliphatic hydroxyl groups excluding tert-OH is 2. The minimum absolute atomic E-state index is 0.00220. The number of unbranched alkanes of at least 4 members (excludes halogenated alkanes) is 38. The van der Waals surface area contributed by atoms with Crippen molar-refractivity contribution in [2.75, 3.05) is 13.2 Å². The Labute approximate surface area is 399 Å². The van der Waals surface area contributed by atoms with Crippen LogP contribution in [0, 0.1) is 0 Å². The average molecular weight is 903 g/mol. The first kappa shape index (κ1) is 62.3. The third kappa shape index (κ3) is 49.8. The van der Waals surface area contributed by atoms with Crippen LogP contribution in [-0.4, -0.2) is 47.4 Å². The van der Waals surface area contributed by atoms with Gasteiger partial charge in [0.25, 0.3) is 0 Å². The topological polar surface area (TPSA) is 95.9 Å². The number of carbonyl (C=O) groups excluding carboxylic acids is 2. The molecule has 64 heavy (non-hydrogen) atoms. The summed E-state index contributed by atoms with van der Waals surface area (Å²) < 4.78 is 5.45. The Morgan fingerprint density at radius 1 is 0.422 bits per heavy atom. The van der Waals surface area contributed by atoms with Gasteiger partial charge in [0.05, 0.1) is 25.4 Å². The molecule has 0 saturated carbocycles. The lowest BCUT2D eigenvalue weighted by molar-refractivity contribution is -0.143. The number of allylic oxidation sites excluding steroid dienone is 4. The molecule has 1 amide bonds. The van der Waals surface area contributed by atoms with E-state index in [0.29, 0.717) is 25.9 Å². The Morgan fingerprint density at radius 3 is 1.16 bits per heavy atom. The zero-order chi connectivity index (χ0) is 46.5. The highest BCUT2D eigenvalue weighted by Gasteiger charge is 2.20. The molecule has 0 heterocycles. The molecule has 0 radical (unpaired) electrons. The maximum Gasteiger partial charge on any atom is 0.305 e. The van der Waals surface area contributed by atoms with E-state index in [1.54, 1.807) is 0 Å². The van der Waals surface area contributed by atoms with Crippen LogP contribution in [0.1, 0.15) is 309 Å². The molecular weight excluding hydrogens is 791 g/mol. The summed E-state index contributed by atoms with van der Waals surface area (Å²) in [5, 5.41) is 23.2. The second-order valence-corrected chi connectivity index (χ2v) is 19.6. The predicted octanol–water partition coefficient (Wildman–Crippen LogP) is 17.5. The first-order valence-corrected chi connectivity index (χ1v) is 28.6. The van der Waals surface area contributed by atoms with Crippen molar-refractivity contribution >= 4 is 11.9 Å². The molecule has 2 unspecified atom stereocenters. The monoisotopic (exact) mass is 902 g/mol. The fourth-order valence-corrected chi connectivity index (χ4v) is 8.79. The van der Waals surface area contributed by atoms with E-state index in [4.69, 9.17) is 4.74 Å². The van der Waals surface area contributed by atoms with Gasteiger partial charge in [-0.05, 0) is 70.6 Å². The number of hydrogen-bond donors (Lipinski definition) is 3. The van der Waals surface area contributed by atoms with Crippen molar-refractivity contribution in [3.05, 3.63) is 24.3 Å². The predicted molar refractivity (Wildman–Crippen MR) is 278 cm³/mol. The van der Waals surface area contributed by atoms with Crippen LogP contribution in [-0.2, 0) is 14.3 Å². The zero-order valence-electron chi connectivity index (χ0n) is 43.0. The second kappa shape index (κ2) is 54.0. The van der Waals surface area contributed by atoms with Gasteiger partial charge in [0, 0.05) is 12.8 Å². The summed E-state index contributed by atoms with van der Waals surface area (Å²) in [5.74, 6) is -0.0365. The number of ether oxygens (including phenoxy) is 1.